The van der Waals surface area contributed by atoms with Crippen LogP contribution in [0.15, 0.2) is 71.8 Å². The zero-order valence-corrected chi connectivity index (χ0v) is 21.6. The number of amides is 2. The van der Waals surface area contributed by atoms with Crippen molar-refractivity contribution in [3.05, 3.63) is 94.3 Å². The van der Waals surface area contributed by atoms with Gasteiger partial charge in [0.1, 0.15) is 18.5 Å². The minimum Gasteiger partial charge on any atom is -0.490 e. The SMILES string of the molecule is CCOc1cc(C=NNC(=O)C(NC(=O)c2ccccc2F)C(C)C)ccc1OCc1ccccc1Cl. The Hall–Kier alpha value is -3.91. The monoisotopic (exact) mass is 525 g/mol. The van der Waals surface area contributed by atoms with Gasteiger partial charge in [-0.25, -0.2) is 9.82 Å². The molecule has 7 nitrogen and oxygen atoms in total. The summed E-state index contributed by atoms with van der Waals surface area (Å²) in [6.45, 7) is 6.10. The van der Waals surface area contributed by atoms with E-state index in [0.29, 0.717) is 28.7 Å². The molecular weight excluding hydrogens is 497 g/mol. The standard InChI is InChI=1S/C28H29ClFN3O4/c1-4-36-25-15-19(13-14-24(25)37-17-20-9-5-7-11-22(20)29)16-31-33-28(35)26(18(2)3)32-27(34)21-10-6-8-12-23(21)30/h5-16,18,26H,4,17H2,1-3H3,(H,32,34)(H,33,35). The summed E-state index contributed by atoms with van der Waals surface area (Å²) >= 11 is 6.20. The molecular formula is C28H29ClFN3O4. The van der Waals surface area contributed by atoms with Gasteiger partial charge in [0, 0.05) is 10.6 Å². The number of hydrogen-bond donors (Lipinski definition) is 2. The molecule has 0 fully saturated rings. The molecule has 3 rings (SSSR count). The minimum atomic E-state index is -0.913. The number of benzene rings is 3. The van der Waals surface area contributed by atoms with Gasteiger partial charge in [-0.3, -0.25) is 9.59 Å². The average molecular weight is 526 g/mol. The topological polar surface area (TPSA) is 89.0 Å². The van der Waals surface area contributed by atoms with Gasteiger partial charge in [-0.1, -0.05) is 55.8 Å². The summed E-state index contributed by atoms with van der Waals surface area (Å²) in [6.07, 6.45) is 1.45. The molecule has 37 heavy (non-hydrogen) atoms. The molecule has 0 spiro atoms. The molecule has 0 aromatic heterocycles. The summed E-state index contributed by atoms with van der Waals surface area (Å²) in [6, 6.07) is 17.3. The Kier molecular flexibility index (Phi) is 10.0. The summed E-state index contributed by atoms with van der Waals surface area (Å²) in [5.41, 5.74) is 3.81. The van der Waals surface area contributed by atoms with Crippen molar-refractivity contribution < 1.29 is 23.5 Å². The van der Waals surface area contributed by atoms with E-state index in [9.17, 15) is 14.0 Å². The molecule has 0 aliphatic rings. The highest BCUT2D eigenvalue weighted by molar-refractivity contribution is 6.31. The van der Waals surface area contributed by atoms with Gasteiger partial charge in [0.2, 0.25) is 0 Å². The highest BCUT2D eigenvalue weighted by Crippen LogP contribution is 2.29. The fraction of sp³-hybridized carbons (Fsp3) is 0.250. The van der Waals surface area contributed by atoms with Crippen LogP contribution in [0.2, 0.25) is 5.02 Å². The molecule has 2 amide bonds. The van der Waals surface area contributed by atoms with Gasteiger partial charge in [-0.15, -0.1) is 0 Å². The highest BCUT2D eigenvalue weighted by Gasteiger charge is 2.25. The van der Waals surface area contributed by atoms with Crippen LogP contribution >= 0.6 is 11.6 Å². The lowest BCUT2D eigenvalue weighted by atomic mass is 10.0. The van der Waals surface area contributed by atoms with Gasteiger partial charge < -0.3 is 14.8 Å². The first kappa shape index (κ1) is 27.7. The second-order valence-electron chi connectivity index (χ2n) is 8.43. The van der Waals surface area contributed by atoms with Crippen LogP contribution in [0.25, 0.3) is 0 Å². The van der Waals surface area contributed by atoms with E-state index in [4.69, 9.17) is 21.1 Å². The Labute approximate surface area is 220 Å². The van der Waals surface area contributed by atoms with Crippen molar-refractivity contribution in [2.45, 2.75) is 33.4 Å². The lowest BCUT2D eigenvalue weighted by molar-refractivity contribution is -0.123. The van der Waals surface area contributed by atoms with E-state index in [1.807, 2.05) is 25.1 Å². The van der Waals surface area contributed by atoms with Crippen LogP contribution in [-0.4, -0.2) is 30.7 Å². The van der Waals surface area contributed by atoms with Crippen LogP contribution in [0, 0.1) is 11.7 Å². The Balaban J connectivity index is 1.65. The van der Waals surface area contributed by atoms with Gasteiger partial charge in [0.25, 0.3) is 11.8 Å². The van der Waals surface area contributed by atoms with E-state index in [-0.39, 0.29) is 18.1 Å². The maximum absolute atomic E-state index is 13.9. The van der Waals surface area contributed by atoms with Crippen molar-refractivity contribution in [3.63, 3.8) is 0 Å². The third kappa shape index (κ3) is 7.79. The molecule has 0 saturated heterocycles. The lowest BCUT2D eigenvalue weighted by Crippen LogP contribution is -2.48. The second-order valence-corrected chi connectivity index (χ2v) is 8.84. The molecule has 0 heterocycles. The number of rotatable bonds is 11. The van der Waals surface area contributed by atoms with Crippen molar-refractivity contribution in [1.29, 1.82) is 0 Å². The fourth-order valence-electron chi connectivity index (χ4n) is 3.40. The predicted molar refractivity (Wildman–Crippen MR) is 142 cm³/mol. The van der Waals surface area contributed by atoms with Gasteiger partial charge in [-0.05, 0) is 54.8 Å². The molecule has 3 aromatic carbocycles. The van der Waals surface area contributed by atoms with Crippen LogP contribution in [0.1, 0.15) is 42.3 Å². The summed E-state index contributed by atoms with van der Waals surface area (Å²) in [7, 11) is 0. The van der Waals surface area contributed by atoms with Crippen LogP contribution < -0.4 is 20.2 Å². The molecule has 2 N–H and O–H groups in total. The summed E-state index contributed by atoms with van der Waals surface area (Å²) < 4.78 is 25.5. The largest absolute Gasteiger partial charge is 0.490 e. The minimum absolute atomic E-state index is 0.134. The highest BCUT2D eigenvalue weighted by atomic mass is 35.5. The van der Waals surface area contributed by atoms with Crippen LogP contribution in [0.5, 0.6) is 11.5 Å². The molecule has 0 aliphatic carbocycles. The molecule has 0 saturated carbocycles. The zero-order chi connectivity index (χ0) is 26.8. The van der Waals surface area contributed by atoms with E-state index in [1.165, 1.54) is 24.4 Å². The average Bonchev–Trinajstić information content (AvgIpc) is 2.87. The number of hydrazone groups is 1. The summed E-state index contributed by atoms with van der Waals surface area (Å²) in [5.74, 6) is -1.07. The van der Waals surface area contributed by atoms with E-state index >= 15 is 0 Å². The number of nitrogens with zero attached hydrogens (tertiary/aromatic N) is 1. The number of carbonyl (C=O) groups excluding carboxylic acids is 2. The number of nitrogens with one attached hydrogen (secondary N) is 2. The van der Waals surface area contributed by atoms with E-state index in [0.717, 1.165) is 5.56 Å². The molecule has 1 atom stereocenters. The molecule has 0 aliphatic heterocycles. The Morgan fingerprint density at radius 1 is 1.03 bits per heavy atom. The molecule has 194 valence electrons. The molecule has 3 aromatic rings. The smallest absolute Gasteiger partial charge is 0.262 e. The van der Waals surface area contributed by atoms with E-state index < -0.39 is 23.7 Å². The Bertz CT molecular complexity index is 1270. The molecule has 0 bridgehead atoms. The number of ether oxygens (including phenoxy) is 2. The first-order valence-corrected chi connectivity index (χ1v) is 12.2. The first-order chi connectivity index (χ1) is 17.8. The maximum atomic E-state index is 13.9. The van der Waals surface area contributed by atoms with E-state index in [2.05, 4.69) is 15.8 Å². The van der Waals surface area contributed by atoms with Crippen LogP contribution in [0.4, 0.5) is 4.39 Å². The Morgan fingerprint density at radius 3 is 2.46 bits per heavy atom. The zero-order valence-electron chi connectivity index (χ0n) is 20.8. The van der Waals surface area contributed by atoms with Crippen molar-refractivity contribution >= 4 is 29.6 Å². The molecule has 9 heteroatoms. The second kappa shape index (κ2) is 13.4. The molecule has 0 radical (unpaired) electrons. The third-order valence-corrected chi connectivity index (χ3v) is 5.72. The first-order valence-electron chi connectivity index (χ1n) is 11.8. The number of carbonyl (C=O) groups is 2. The van der Waals surface area contributed by atoms with Gasteiger partial charge in [-0.2, -0.15) is 5.10 Å². The van der Waals surface area contributed by atoms with Crippen LogP contribution in [-0.2, 0) is 11.4 Å². The third-order valence-electron chi connectivity index (χ3n) is 5.35. The predicted octanol–water partition coefficient (Wildman–Crippen LogP) is 5.36. The van der Waals surface area contributed by atoms with Gasteiger partial charge >= 0.3 is 0 Å². The van der Waals surface area contributed by atoms with Crippen LogP contribution in [0.3, 0.4) is 0 Å². The lowest BCUT2D eigenvalue weighted by Gasteiger charge is -2.20. The van der Waals surface area contributed by atoms with Gasteiger partial charge in [0.05, 0.1) is 18.4 Å². The van der Waals surface area contributed by atoms with Crippen molar-refractivity contribution in [3.8, 4) is 11.5 Å². The maximum Gasteiger partial charge on any atom is 0.262 e. The quantitative estimate of drug-likeness (QED) is 0.260. The number of hydrogen-bond acceptors (Lipinski definition) is 5. The van der Waals surface area contributed by atoms with Gasteiger partial charge in [0.15, 0.2) is 11.5 Å². The summed E-state index contributed by atoms with van der Waals surface area (Å²) in [5, 5.41) is 7.21. The molecule has 1 unspecified atom stereocenters. The summed E-state index contributed by atoms with van der Waals surface area (Å²) in [4.78, 5) is 25.2. The Morgan fingerprint density at radius 2 is 1.76 bits per heavy atom. The van der Waals surface area contributed by atoms with Crippen molar-refractivity contribution in [2.75, 3.05) is 6.61 Å². The van der Waals surface area contributed by atoms with Crippen molar-refractivity contribution in [2.24, 2.45) is 11.0 Å². The normalized spacial score (nSPS) is 11.8. The van der Waals surface area contributed by atoms with E-state index in [1.54, 1.807) is 44.2 Å². The van der Waals surface area contributed by atoms with Crippen molar-refractivity contribution in [1.82, 2.24) is 10.7 Å². The fourth-order valence-corrected chi connectivity index (χ4v) is 3.59. The number of halogens is 2.